The number of ether oxygens (including phenoxy) is 1. The molecule has 128 valence electrons. The van der Waals surface area contributed by atoms with Gasteiger partial charge in [0.15, 0.2) is 0 Å². The van der Waals surface area contributed by atoms with E-state index >= 15 is 0 Å². The van der Waals surface area contributed by atoms with E-state index in [0.29, 0.717) is 11.3 Å². The van der Waals surface area contributed by atoms with Gasteiger partial charge in [0.05, 0.1) is 12.2 Å². The van der Waals surface area contributed by atoms with Crippen LogP contribution in [0.3, 0.4) is 0 Å². The molecule has 0 saturated carbocycles. The third-order valence-electron chi connectivity index (χ3n) is 3.06. The fraction of sp³-hybridized carbons (Fsp3) is 0.267. The minimum Gasteiger partial charge on any atom is -0.462 e. The number of rotatable bonds is 6. The number of carbonyl (C=O) groups excluding carboxylic acids is 2. The van der Waals surface area contributed by atoms with Crippen LogP contribution < -0.4 is 5.32 Å². The molecule has 1 amide bonds. The number of anilines is 1. The molecule has 0 aliphatic rings. The molecule has 24 heavy (non-hydrogen) atoms. The van der Waals surface area contributed by atoms with E-state index in [1.165, 1.54) is 48.3 Å². The molecule has 0 spiro atoms. The Bertz CT molecular complexity index is 840. The van der Waals surface area contributed by atoms with E-state index in [2.05, 4.69) is 10.3 Å². The number of sulfone groups is 1. The van der Waals surface area contributed by atoms with Gasteiger partial charge in [-0.15, -0.1) is 0 Å². The van der Waals surface area contributed by atoms with Gasteiger partial charge in [-0.1, -0.05) is 0 Å². The summed E-state index contributed by atoms with van der Waals surface area (Å²) in [4.78, 5) is 27.2. The van der Waals surface area contributed by atoms with E-state index in [9.17, 15) is 18.0 Å². The summed E-state index contributed by atoms with van der Waals surface area (Å²) < 4.78 is 30.4. The highest BCUT2D eigenvalue weighted by molar-refractivity contribution is 7.92. The summed E-state index contributed by atoms with van der Waals surface area (Å²) in [5.41, 5.74) is 0.721. The van der Waals surface area contributed by atoms with Gasteiger partial charge < -0.3 is 14.6 Å². The largest absolute Gasteiger partial charge is 0.462 e. The molecule has 0 radical (unpaired) electrons. The topological polar surface area (TPSA) is 107 Å². The second-order valence-electron chi connectivity index (χ2n) is 4.93. The Hall–Kier alpha value is -2.68. The number of aromatic nitrogens is 2. The average molecular weight is 351 g/mol. The average Bonchev–Trinajstić information content (AvgIpc) is 2.94. The minimum atomic E-state index is -3.83. The monoisotopic (exact) mass is 351 g/mol. The van der Waals surface area contributed by atoms with Gasteiger partial charge in [-0.3, -0.25) is 4.79 Å². The fourth-order valence-corrected chi connectivity index (χ4v) is 3.26. The molecule has 0 bridgehead atoms. The van der Waals surface area contributed by atoms with Gasteiger partial charge in [-0.2, -0.15) is 0 Å². The number of nitrogens with one attached hydrogen (secondary N) is 1. The van der Waals surface area contributed by atoms with Crippen LogP contribution in [0.1, 0.15) is 17.3 Å². The molecule has 0 aliphatic heterocycles. The molecule has 1 aromatic carbocycles. The highest BCUT2D eigenvalue weighted by Gasteiger charge is 2.23. The van der Waals surface area contributed by atoms with Crippen LogP contribution in [-0.2, 0) is 26.4 Å². The number of hydrogen-bond donors (Lipinski definition) is 1. The van der Waals surface area contributed by atoms with Gasteiger partial charge in [-0.05, 0) is 31.2 Å². The first-order valence-corrected chi connectivity index (χ1v) is 8.76. The van der Waals surface area contributed by atoms with Gasteiger partial charge >= 0.3 is 5.97 Å². The summed E-state index contributed by atoms with van der Waals surface area (Å²) >= 11 is 0. The molecular weight excluding hydrogens is 334 g/mol. The highest BCUT2D eigenvalue weighted by Crippen LogP contribution is 2.12. The number of esters is 1. The predicted molar refractivity (Wildman–Crippen MR) is 86.3 cm³/mol. The van der Waals surface area contributed by atoms with Crippen molar-refractivity contribution >= 4 is 27.4 Å². The van der Waals surface area contributed by atoms with Gasteiger partial charge in [0.1, 0.15) is 5.75 Å². The Morgan fingerprint density at radius 3 is 2.46 bits per heavy atom. The van der Waals surface area contributed by atoms with Crippen LogP contribution in [0.4, 0.5) is 5.69 Å². The molecule has 8 nitrogen and oxygen atoms in total. The molecule has 0 aliphatic carbocycles. The van der Waals surface area contributed by atoms with Crippen molar-refractivity contribution in [3.63, 3.8) is 0 Å². The van der Waals surface area contributed by atoms with E-state index in [-0.39, 0.29) is 11.8 Å². The molecule has 0 saturated heterocycles. The van der Waals surface area contributed by atoms with Crippen LogP contribution in [0.15, 0.2) is 41.8 Å². The van der Waals surface area contributed by atoms with Crippen molar-refractivity contribution in [3.05, 3.63) is 42.2 Å². The van der Waals surface area contributed by atoms with Crippen LogP contribution in [0, 0.1) is 0 Å². The van der Waals surface area contributed by atoms with Crippen molar-refractivity contribution in [3.8, 4) is 0 Å². The molecule has 0 atom stereocenters. The van der Waals surface area contributed by atoms with E-state index in [0.717, 1.165) is 0 Å². The smallest absolute Gasteiger partial charge is 0.338 e. The highest BCUT2D eigenvalue weighted by atomic mass is 32.2. The molecule has 1 aromatic heterocycles. The van der Waals surface area contributed by atoms with E-state index in [1.807, 2.05) is 0 Å². The normalized spacial score (nSPS) is 11.1. The number of imidazole rings is 1. The van der Waals surface area contributed by atoms with Crippen LogP contribution in [0.5, 0.6) is 0 Å². The Balaban J connectivity index is 2.02. The number of carbonyl (C=O) groups is 2. The van der Waals surface area contributed by atoms with Gasteiger partial charge in [-0.25, -0.2) is 18.2 Å². The lowest BCUT2D eigenvalue weighted by atomic mass is 10.2. The summed E-state index contributed by atoms with van der Waals surface area (Å²) in [5.74, 6) is -1.88. The zero-order valence-electron chi connectivity index (χ0n) is 13.2. The number of aryl methyl sites for hydroxylation is 1. The molecule has 0 fully saturated rings. The maximum atomic E-state index is 12.1. The maximum Gasteiger partial charge on any atom is 0.338 e. The lowest BCUT2D eigenvalue weighted by molar-refractivity contribution is -0.113. The Labute approximate surface area is 139 Å². The third-order valence-corrected chi connectivity index (χ3v) is 4.65. The summed E-state index contributed by atoms with van der Waals surface area (Å²) in [6, 6.07) is 5.97. The second kappa shape index (κ2) is 7.26. The number of hydrogen-bond acceptors (Lipinski definition) is 6. The second-order valence-corrected chi connectivity index (χ2v) is 6.81. The fourth-order valence-electron chi connectivity index (χ4n) is 1.99. The Morgan fingerprint density at radius 1 is 1.25 bits per heavy atom. The van der Waals surface area contributed by atoms with Crippen LogP contribution >= 0.6 is 0 Å². The van der Waals surface area contributed by atoms with E-state index in [4.69, 9.17) is 4.74 Å². The SMILES string of the molecule is CCOC(=O)c1ccc(NC(=O)CS(=O)(=O)c2nccn2C)cc1. The number of amides is 1. The summed E-state index contributed by atoms with van der Waals surface area (Å²) in [6.07, 6.45) is 2.83. The first-order valence-electron chi connectivity index (χ1n) is 7.10. The summed E-state index contributed by atoms with van der Waals surface area (Å²) in [7, 11) is -2.30. The standard InChI is InChI=1S/C15H17N3O5S/c1-3-23-14(20)11-4-6-12(7-5-11)17-13(19)10-24(21,22)15-16-8-9-18(15)2/h4-9H,3,10H2,1-2H3,(H,17,19). The lowest BCUT2D eigenvalue weighted by Gasteiger charge is -2.07. The van der Waals surface area contributed by atoms with Crippen molar-refractivity contribution in [2.75, 3.05) is 17.7 Å². The van der Waals surface area contributed by atoms with Crippen molar-refractivity contribution in [2.24, 2.45) is 7.05 Å². The molecule has 9 heteroatoms. The molecule has 1 heterocycles. The number of nitrogens with zero attached hydrogens (tertiary/aromatic N) is 2. The molecular formula is C15H17N3O5S. The van der Waals surface area contributed by atoms with Crippen molar-refractivity contribution in [1.82, 2.24) is 9.55 Å². The predicted octanol–water partition coefficient (Wildman–Crippen LogP) is 1.01. The van der Waals surface area contributed by atoms with Crippen LogP contribution in [0.2, 0.25) is 0 Å². The van der Waals surface area contributed by atoms with Gasteiger partial charge in [0.2, 0.25) is 20.9 Å². The van der Waals surface area contributed by atoms with Gasteiger partial charge in [0.25, 0.3) is 0 Å². The first-order chi connectivity index (χ1) is 11.3. The van der Waals surface area contributed by atoms with Crippen LogP contribution in [0.25, 0.3) is 0 Å². The first kappa shape index (κ1) is 17.7. The maximum absolute atomic E-state index is 12.1. The lowest BCUT2D eigenvalue weighted by Crippen LogP contribution is -2.24. The van der Waals surface area contributed by atoms with Crippen molar-refractivity contribution < 1.29 is 22.7 Å². The minimum absolute atomic E-state index is 0.171. The zero-order valence-corrected chi connectivity index (χ0v) is 14.0. The van der Waals surface area contributed by atoms with Crippen molar-refractivity contribution in [2.45, 2.75) is 12.1 Å². The van der Waals surface area contributed by atoms with E-state index < -0.39 is 27.5 Å². The Morgan fingerprint density at radius 2 is 1.92 bits per heavy atom. The van der Waals surface area contributed by atoms with Crippen molar-refractivity contribution in [1.29, 1.82) is 0 Å². The zero-order chi connectivity index (χ0) is 17.7. The summed E-state index contributed by atoms with van der Waals surface area (Å²) in [5, 5.41) is 2.30. The molecule has 1 N–H and O–H groups in total. The van der Waals surface area contributed by atoms with Crippen LogP contribution in [-0.4, -0.2) is 42.2 Å². The third kappa shape index (κ3) is 4.19. The molecule has 2 rings (SSSR count). The number of benzene rings is 1. The molecule has 2 aromatic rings. The van der Waals surface area contributed by atoms with Gasteiger partial charge in [0, 0.05) is 25.1 Å². The Kier molecular flexibility index (Phi) is 5.35. The molecule has 0 unspecified atom stereocenters. The van der Waals surface area contributed by atoms with E-state index in [1.54, 1.807) is 6.92 Å². The quantitative estimate of drug-likeness (QED) is 0.778. The summed E-state index contributed by atoms with van der Waals surface area (Å²) in [6.45, 7) is 1.97.